The molecule has 0 amide bonds. The summed E-state index contributed by atoms with van der Waals surface area (Å²) in [5.74, 6) is -0.255. The number of ether oxygens (including phenoxy) is 1. The standard InChI is InChI=1S/C24H33NO3/c1-16(2)21-20(26)13-24(3)18(11-12-19(24)22(21)23(27)28-5)15-25(4)14-17-9-7-6-8-10-17/h6-10,15-16,19,21-22H,11-14H2,1-5H3/b18-15+/t19-,21+,22+,24-/m0/s1. The predicted octanol–water partition coefficient (Wildman–Crippen LogP) is 4.45. The van der Waals surface area contributed by atoms with Crippen LogP contribution in [0.4, 0.5) is 0 Å². The van der Waals surface area contributed by atoms with Crippen molar-refractivity contribution in [2.24, 2.45) is 29.1 Å². The molecule has 1 aromatic rings. The molecule has 0 N–H and O–H groups in total. The van der Waals surface area contributed by atoms with Gasteiger partial charge in [0, 0.05) is 31.3 Å². The number of hydrogen-bond acceptors (Lipinski definition) is 4. The Morgan fingerprint density at radius 2 is 2.00 bits per heavy atom. The van der Waals surface area contributed by atoms with Crippen LogP contribution >= 0.6 is 0 Å². The van der Waals surface area contributed by atoms with Gasteiger partial charge in [-0.3, -0.25) is 9.59 Å². The number of nitrogens with zero attached hydrogens (tertiary/aromatic N) is 1. The van der Waals surface area contributed by atoms with E-state index in [9.17, 15) is 9.59 Å². The number of fused-ring (bicyclic) bond motifs is 1. The normalized spacial score (nSPS) is 31.1. The van der Waals surface area contributed by atoms with Gasteiger partial charge >= 0.3 is 5.97 Å². The van der Waals surface area contributed by atoms with Crippen LogP contribution in [0.5, 0.6) is 0 Å². The molecule has 2 fully saturated rings. The summed E-state index contributed by atoms with van der Waals surface area (Å²) < 4.78 is 5.15. The molecule has 4 atom stereocenters. The third-order valence-electron chi connectivity index (χ3n) is 6.85. The largest absolute Gasteiger partial charge is 0.469 e. The molecule has 0 unspecified atom stereocenters. The van der Waals surface area contributed by atoms with Crippen LogP contribution in [-0.4, -0.2) is 30.8 Å². The first-order chi connectivity index (χ1) is 13.3. The second kappa shape index (κ2) is 8.10. The van der Waals surface area contributed by atoms with E-state index in [4.69, 9.17) is 4.74 Å². The van der Waals surface area contributed by atoms with E-state index < -0.39 is 0 Å². The fourth-order valence-corrected chi connectivity index (χ4v) is 5.53. The highest BCUT2D eigenvalue weighted by Gasteiger charge is 2.57. The summed E-state index contributed by atoms with van der Waals surface area (Å²) in [6.45, 7) is 7.09. The monoisotopic (exact) mass is 383 g/mol. The number of carbonyl (C=O) groups excluding carboxylic acids is 2. The van der Waals surface area contributed by atoms with Gasteiger partial charge in [-0.1, -0.05) is 51.1 Å². The number of carbonyl (C=O) groups is 2. The molecule has 0 radical (unpaired) electrons. The lowest BCUT2D eigenvalue weighted by Crippen LogP contribution is -2.49. The van der Waals surface area contributed by atoms with E-state index in [0.29, 0.717) is 6.42 Å². The van der Waals surface area contributed by atoms with Crippen LogP contribution < -0.4 is 0 Å². The number of allylic oxidation sites excluding steroid dienone is 1. The fraction of sp³-hybridized carbons (Fsp3) is 0.583. The lowest BCUT2D eigenvalue weighted by atomic mass is 9.57. The Morgan fingerprint density at radius 3 is 2.61 bits per heavy atom. The van der Waals surface area contributed by atoms with Crippen molar-refractivity contribution in [2.45, 2.75) is 46.6 Å². The minimum Gasteiger partial charge on any atom is -0.469 e. The number of hydrogen-bond donors (Lipinski definition) is 0. The van der Waals surface area contributed by atoms with Gasteiger partial charge in [0.25, 0.3) is 0 Å². The number of methoxy groups -OCH3 is 1. The maximum Gasteiger partial charge on any atom is 0.309 e. The van der Waals surface area contributed by atoms with Gasteiger partial charge in [-0.25, -0.2) is 0 Å². The summed E-state index contributed by atoms with van der Waals surface area (Å²) in [5.41, 5.74) is 2.29. The summed E-state index contributed by atoms with van der Waals surface area (Å²) in [7, 11) is 3.52. The molecule has 1 aromatic carbocycles. The fourth-order valence-electron chi connectivity index (χ4n) is 5.53. The van der Waals surface area contributed by atoms with Crippen LogP contribution in [0.2, 0.25) is 0 Å². The molecule has 152 valence electrons. The topological polar surface area (TPSA) is 46.6 Å². The first kappa shape index (κ1) is 20.6. The lowest BCUT2D eigenvalue weighted by molar-refractivity contribution is -0.160. The highest BCUT2D eigenvalue weighted by atomic mass is 16.5. The quantitative estimate of drug-likeness (QED) is 0.705. The van der Waals surface area contributed by atoms with E-state index in [1.165, 1.54) is 18.2 Å². The molecule has 0 heterocycles. The SMILES string of the molecule is COC(=O)[C@H]1[C@H](C(C)C)C(=O)C[C@@]2(C)/C(=C/N(C)Cc3ccccc3)CC[C@@H]12. The average Bonchev–Trinajstić information content (AvgIpc) is 2.95. The molecule has 2 aliphatic rings. The van der Waals surface area contributed by atoms with Crippen molar-refractivity contribution >= 4 is 11.8 Å². The van der Waals surface area contributed by atoms with E-state index in [-0.39, 0.29) is 40.8 Å². The van der Waals surface area contributed by atoms with Crippen LogP contribution in [0.1, 0.15) is 45.6 Å². The summed E-state index contributed by atoms with van der Waals surface area (Å²) in [5, 5.41) is 0. The third-order valence-corrected chi connectivity index (χ3v) is 6.85. The van der Waals surface area contributed by atoms with Gasteiger partial charge in [-0.2, -0.15) is 0 Å². The zero-order chi connectivity index (χ0) is 20.5. The van der Waals surface area contributed by atoms with Crippen molar-refractivity contribution in [3.05, 3.63) is 47.7 Å². The maximum absolute atomic E-state index is 13.1. The van der Waals surface area contributed by atoms with Gasteiger partial charge < -0.3 is 9.64 Å². The molecule has 2 saturated carbocycles. The Kier molecular flexibility index (Phi) is 5.97. The second-order valence-electron chi connectivity index (χ2n) is 9.08. The van der Waals surface area contributed by atoms with Crippen molar-refractivity contribution in [3.8, 4) is 0 Å². The van der Waals surface area contributed by atoms with E-state index in [2.05, 4.69) is 49.3 Å². The van der Waals surface area contributed by atoms with Crippen molar-refractivity contribution in [1.82, 2.24) is 4.90 Å². The first-order valence-electron chi connectivity index (χ1n) is 10.3. The summed E-state index contributed by atoms with van der Waals surface area (Å²) in [4.78, 5) is 28.0. The number of rotatable bonds is 5. The minimum atomic E-state index is -0.332. The van der Waals surface area contributed by atoms with Gasteiger partial charge in [0.2, 0.25) is 0 Å². The third kappa shape index (κ3) is 3.74. The van der Waals surface area contributed by atoms with Crippen molar-refractivity contribution in [1.29, 1.82) is 0 Å². The van der Waals surface area contributed by atoms with Crippen LogP contribution in [0.15, 0.2) is 42.1 Å². The van der Waals surface area contributed by atoms with Crippen molar-refractivity contribution in [3.63, 3.8) is 0 Å². The highest BCUT2D eigenvalue weighted by molar-refractivity contribution is 5.90. The Hall–Kier alpha value is -2.10. The average molecular weight is 384 g/mol. The Balaban J connectivity index is 1.88. The molecule has 3 rings (SSSR count). The van der Waals surface area contributed by atoms with Gasteiger partial charge in [0.15, 0.2) is 0 Å². The Morgan fingerprint density at radius 1 is 1.32 bits per heavy atom. The zero-order valence-corrected chi connectivity index (χ0v) is 17.8. The molecule has 0 spiro atoms. The van der Waals surface area contributed by atoms with Crippen LogP contribution in [0.3, 0.4) is 0 Å². The van der Waals surface area contributed by atoms with Gasteiger partial charge in [-0.15, -0.1) is 0 Å². The van der Waals surface area contributed by atoms with E-state index in [0.717, 1.165) is 19.4 Å². The molecular weight excluding hydrogens is 350 g/mol. The Bertz CT molecular complexity index is 754. The van der Waals surface area contributed by atoms with Gasteiger partial charge in [-0.05, 0) is 42.0 Å². The molecular formula is C24H33NO3. The lowest BCUT2D eigenvalue weighted by Gasteiger charge is -2.46. The van der Waals surface area contributed by atoms with Crippen LogP contribution in [0, 0.1) is 29.1 Å². The zero-order valence-electron chi connectivity index (χ0n) is 17.8. The second-order valence-corrected chi connectivity index (χ2v) is 9.08. The van der Waals surface area contributed by atoms with E-state index in [1.807, 2.05) is 19.9 Å². The molecule has 0 saturated heterocycles. The number of benzene rings is 1. The number of ketones is 1. The van der Waals surface area contributed by atoms with Gasteiger partial charge in [0.1, 0.15) is 5.78 Å². The molecule has 0 aromatic heterocycles. The van der Waals surface area contributed by atoms with E-state index in [1.54, 1.807) is 0 Å². The number of Topliss-reactive ketones (excluding diaryl/α,β-unsaturated/α-hetero) is 1. The van der Waals surface area contributed by atoms with Crippen LogP contribution in [0.25, 0.3) is 0 Å². The molecule has 2 aliphatic carbocycles. The van der Waals surface area contributed by atoms with E-state index >= 15 is 0 Å². The summed E-state index contributed by atoms with van der Waals surface area (Å²) in [6, 6.07) is 10.4. The highest BCUT2D eigenvalue weighted by Crippen LogP contribution is 2.59. The molecule has 28 heavy (non-hydrogen) atoms. The molecule has 4 heteroatoms. The molecule has 0 bridgehead atoms. The first-order valence-corrected chi connectivity index (χ1v) is 10.3. The predicted molar refractivity (Wildman–Crippen MR) is 110 cm³/mol. The number of esters is 1. The summed E-state index contributed by atoms with van der Waals surface area (Å²) in [6.07, 6.45) is 4.62. The van der Waals surface area contributed by atoms with Crippen LogP contribution in [-0.2, 0) is 20.9 Å². The minimum absolute atomic E-state index is 0.148. The van der Waals surface area contributed by atoms with Crippen molar-refractivity contribution < 1.29 is 14.3 Å². The molecule has 4 nitrogen and oxygen atoms in total. The molecule has 0 aliphatic heterocycles. The maximum atomic E-state index is 13.1. The Labute approximate surface area is 168 Å². The van der Waals surface area contributed by atoms with Crippen molar-refractivity contribution in [2.75, 3.05) is 14.2 Å². The smallest absolute Gasteiger partial charge is 0.309 e. The van der Waals surface area contributed by atoms with Gasteiger partial charge in [0.05, 0.1) is 13.0 Å². The summed E-state index contributed by atoms with van der Waals surface area (Å²) >= 11 is 0.